The molecule has 0 N–H and O–H groups in total. The fraction of sp³-hybridized carbons (Fsp3) is 1.00. The fourth-order valence-electron chi connectivity index (χ4n) is 1.03. The molecular formula is C8H17Cs. The summed E-state index contributed by atoms with van der Waals surface area (Å²) < 4.78 is 1.59. The molecule has 0 aromatic carbocycles. The van der Waals surface area contributed by atoms with Crippen LogP contribution >= 0.6 is 0 Å². The van der Waals surface area contributed by atoms with Crippen molar-refractivity contribution in [1.29, 1.82) is 0 Å². The first kappa shape index (κ1) is 11.1. The quantitative estimate of drug-likeness (QED) is 0.632. The normalized spacial score (nSPS) is 10.1. The first-order valence-corrected chi connectivity index (χ1v) is 8.85. The van der Waals surface area contributed by atoms with E-state index in [0.717, 1.165) is 65.9 Å². The van der Waals surface area contributed by atoms with Gasteiger partial charge in [0.05, 0.1) is 0 Å². The number of rotatable bonds is 6. The molecule has 0 radical (unpaired) electrons. The van der Waals surface area contributed by atoms with Crippen molar-refractivity contribution in [2.45, 2.75) is 43.3 Å². The Balaban J connectivity index is 2.60. The Kier molecular flexibility index (Phi) is 12.3. The van der Waals surface area contributed by atoms with E-state index in [1.807, 2.05) is 0 Å². The molecule has 0 fully saturated rings. The molecule has 0 bridgehead atoms. The van der Waals surface area contributed by atoms with Gasteiger partial charge in [-0.15, -0.1) is 0 Å². The van der Waals surface area contributed by atoms with Crippen molar-refractivity contribution in [2.75, 3.05) is 0 Å². The van der Waals surface area contributed by atoms with Crippen LogP contribution in [0.25, 0.3) is 0 Å². The molecule has 0 aliphatic carbocycles. The predicted molar refractivity (Wildman–Crippen MR) is 43.9 cm³/mol. The summed E-state index contributed by atoms with van der Waals surface area (Å²) in [6.45, 7) is 2.27. The molecule has 0 aromatic rings. The summed E-state index contributed by atoms with van der Waals surface area (Å²) in [5.41, 5.74) is 0. The van der Waals surface area contributed by atoms with Crippen LogP contribution in [-0.4, -0.2) is 65.9 Å². The third kappa shape index (κ3) is 10.1. The van der Waals surface area contributed by atoms with Crippen LogP contribution in [-0.2, 0) is 0 Å². The van der Waals surface area contributed by atoms with E-state index in [0.29, 0.717) is 0 Å². The van der Waals surface area contributed by atoms with Crippen LogP contribution in [0.5, 0.6) is 0 Å². The molecule has 0 saturated carbocycles. The van der Waals surface area contributed by atoms with Gasteiger partial charge in [0, 0.05) is 0 Å². The number of hydrogen-bond donors (Lipinski definition) is 0. The van der Waals surface area contributed by atoms with Crippen LogP contribution in [0.2, 0.25) is -2.15 Å². The van der Waals surface area contributed by atoms with Gasteiger partial charge < -0.3 is 0 Å². The number of hydrogen-bond acceptors (Lipinski definition) is 0. The van der Waals surface area contributed by atoms with Crippen molar-refractivity contribution in [3.05, 3.63) is 0 Å². The Hall–Kier alpha value is 2.05. The van der Waals surface area contributed by atoms with E-state index in [-0.39, 0.29) is 0 Å². The fourth-order valence-corrected chi connectivity index (χ4v) is 2.60. The monoisotopic (exact) mass is 246 g/mol. The number of unbranched alkanes of at least 4 members (excludes halogenated alkanes) is 5. The zero-order chi connectivity index (χ0) is 6.95. The maximum atomic E-state index is 2.27. The van der Waals surface area contributed by atoms with Crippen molar-refractivity contribution in [3.63, 3.8) is 0 Å². The second kappa shape index (κ2) is 10.1. The third-order valence-electron chi connectivity index (χ3n) is 1.71. The van der Waals surface area contributed by atoms with Gasteiger partial charge in [0.2, 0.25) is 0 Å². The average molecular weight is 246 g/mol. The van der Waals surface area contributed by atoms with Crippen LogP contribution in [0.15, 0.2) is 0 Å². The molecule has 0 saturated heterocycles. The summed E-state index contributed by atoms with van der Waals surface area (Å²) in [7, 11) is 0. The molecule has 50 valence electrons. The Morgan fingerprint density at radius 1 is 0.889 bits per heavy atom. The van der Waals surface area contributed by atoms with Gasteiger partial charge in [-0.2, -0.15) is 0 Å². The van der Waals surface area contributed by atoms with E-state index in [9.17, 15) is 0 Å². The minimum atomic E-state index is 0.895. The zero-order valence-electron chi connectivity index (χ0n) is 6.95. The van der Waals surface area contributed by atoms with Crippen molar-refractivity contribution < 1.29 is 0 Å². The van der Waals surface area contributed by atoms with Gasteiger partial charge in [-0.25, -0.2) is 0 Å². The first-order valence-electron chi connectivity index (χ1n) is 4.41. The molecule has 0 heterocycles. The maximum absolute atomic E-state index is 2.27. The van der Waals surface area contributed by atoms with E-state index in [2.05, 4.69) is 6.92 Å². The molecule has 0 spiro atoms. The molecular weight excluding hydrogens is 229 g/mol. The SMILES string of the molecule is CCCCCCC[CH2][Cs]. The molecule has 0 rings (SSSR count). The summed E-state index contributed by atoms with van der Waals surface area (Å²) in [4.78, 5) is 0. The van der Waals surface area contributed by atoms with Crippen LogP contribution in [0, 0.1) is 0 Å². The Morgan fingerprint density at radius 2 is 1.44 bits per heavy atom. The van der Waals surface area contributed by atoms with Crippen LogP contribution < -0.4 is 0 Å². The second-order valence-electron chi connectivity index (χ2n) is 2.77. The van der Waals surface area contributed by atoms with Crippen molar-refractivity contribution in [1.82, 2.24) is 0 Å². The van der Waals surface area contributed by atoms with E-state index in [1.54, 1.807) is -2.15 Å². The summed E-state index contributed by atoms with van der Waals surface area (Å²) in [5.74, 6) is 0. The van der Waals surface area contributed by atoms with Crippen molar-refractivity contribution in [3.8, 4) is 0 Å². The summed E-state index contributed by atoms with van der Waals surface area (Å²) in [5, 5.41) is 0. The van der Waals surface area contributed by atoms with Gasteiger partial charge in [0.1, 0.15) is 0 Å². The Morgan fingerprint density at radius 3 is 2.00 bits per heavy atom. The topological polar surface area (TPSA) is 0 Å². The van der Waals surface area contributed by atoms with Crippen molar-refractivity contribution in [2.24, 2.45) is 0 Å². The van der Waals surface area contributed by atoms with Crippen LogP contribution in [0.1, 0.15) is 45.4 Å². The van der Waals surface area contributed by atoms with E-state index in [4.69, 9.17) is 0 Å². The zero-order valence-corrected chi connectivity index (χ0v) is 13.2. The third-order valence-corrected chi connectivity index (χ3v) is 3.93. The minimum absolute atomic E-state index is 0.895. The molecule has 0 aromatic heterocycles. The average Bonchev–Trinajstić information content (AvgIpc) is 1.89. The van der Waals surface area contributed by atoms with Gasteiger partial charge in [0.15, 0.2) is 0 Å². The second-order valence-corrected chi connectivity index (χ2v) is 5.91. The Labute approximate surface area is 107 Å². The first-order chi connectivity index (χ1) is 4.41. The molecule has 1 heteroatoms. The predicted octanol–water partition coefficient (Wildman–Crippen LogP) is 2.93. The standard InChI is InChI=1S/C8H17.Cs/c1-3-5-7-8-6-4-2;/h1,3-8H2,2H3;. The van der Waals surface area contributed by atoms with E-state index < -0.39 is 0 Å². The van der Waals surface area contributed by atoms with E-state index in [1.165, 1.54) is 38.5 Å². The summed E-state index contributed by atoms with van der Waals surface area (Å²) >= 11 is 0.895. The molecule has 0 nitrogen and oxygen atoms in total. The summed E-state index contributed by atoms with van der Waals surface area (Å²) in [6.07, 6.45) is 8.85. The van der Waals surface area contributed by atoms with Gasteiger partial charge >= 0.3 is 109 Å². The Bertz CT molecular complexity index is 37.8. The molecule has 0 aliphatic heterocycles. The molecule has 9 heavy (non-hydrogen) atoms. The van der Waals surface area contributed by atoms with E-state index >= 15 is 0 Å². The summed E-state index contributed by atoms with van der Waals surface area (Å²) in [6, 6.07) is 0. The molecule has 0 unspecified atom stereocenters. The molecule has 0 amide bonds. The van der Waals surface area contributed by atoms with Gasteiger partial charge in [-0.1, -0.05) is 0 Å². The van der Waals surface area contributed by atoms with Gasteiger partial charge in [0.25, 0.3) is 0 Å². The van der Waals surface area contributed by atoms with Gasteiger partial charge in [-0.05, 0) is 0 Å². The van der Waals surface area contributed by atoms with Crippen molar-refractivity contribution >= 4 is 65.9 Å². The van der Waals surface area contributed by atoms with Crippen LogP contribution in [0.4, 0.5) is 0 Å². The molecule has 0 atom stereocenters. The van der Waals surface area contributed by atoms with Gasteiger partial charge in [-0.3, -0.25) is 0 Å². The molecule has 0 aliphatic rings. The van der Waals surface area contributed by atoms with Crippen LogP contribution in [0.3, 0.4) is 0 Å².